The van der Waals surface area contributed by atoms with E-state index in [9.17, 15) is 4.79 Å². The highest BCUT2D eigenvalue weighted by Gasteiger charge is 2.06. The number of nitrogens with one attached hydrogen (secondary N) is 1. The fourth-order valence-electron chi connectivity index (χ4n) is 0.450. The molecular weight excluding hydrogens is 148 g/mol. The van der Waals surface area contributed by atoms with Crippen LogP contribution in [-0.2, 0) is 9.68 Å². The summed E-state index contributed by atoms with van der Waals surface area (Å²) in [4.78, 5) is 20.3. The summed E-state index contributed by atoms with van der Waals surface area (Å²) in [6, 6.07) is -0.409. The van der Waals surface area contributed by atoms with Crippen LogP contribution in [0.15, 0.2) is 0 Å². The van der Waals surface area contributed by atoms with Crippen molar-refractivity contribution in [3.05, 3.63) is 0 Å². The quantitative estimate of drug-likeness (QED) is 0.613. The SMILES string of the molecule is CCONC(=O)N(C)OCC. The number of carbonyl (C=O) groups is 1. The van der Waals surface area contributed by atoms with Crippen LogP contribution >= 0.6 is 0 Å². The highest BCUT2D eigenvalue weighted by Crippen LogP contribution is 1.85. The average Bonchev–Trinajstić information content (AvgIpc) is 2.00. The minimum absolute atomic E-state index is 0.409. The molecule has 2 amide bonds. The van der Waals surface area contributed by atoms with Gasteiger partial charge in [0.05, 0.1) is 13.2 Å². The Labute approximate surface area is 66.2 Å². The predicted octanol–water partition coefficient (Wildman–Crippen LogP) is 0.531. The molecule has 0 aliphatic carbocycles. The van der Waals surface area contributed by atoms with Gasteiger partial charge in [0.15, 0.2) is 0 Å². The van der Waals surface area contributed by atoms with E-state index in [-0.39, 0.29) is 0 Å². The van der Waals surface area contributed by atoms with Gasteiger partial charge in [-0.1, -0.05) is 0 Å². The van der Waals surface area contributed by atoms with E-state index < -0.39 is 6.03 Å². The number of amides is 2. The topological polar surface area (TPSA) is 50.8 Å². The first-order valence-corrected chi connectivity index (χ1v) is 3.50. The van der Waals surface area contributed by atoms with Gasteiger partial charge in [0.25, 0.3) is 0 Å². The highest BCUT2D eigenvalue weighted by atomic mass is 16.7. The third kappa shape index (κ3) is 4.58. The van der Waals surface area contributed by atoms with Crippen LogP contribution in [0.5, 0.6) is 0 Å². The summed E-state index contributed by atoms with van der Waals surface area (Å²) in [6.07, 6.45) is 0. The van der Waals surface area contributed by atoms with Crippen LogP contribution in [0.2, 0.25) is 0 Å². The second-order valence-corrected chi connectivity index (χ2v) is 1.76. The lowest BCUT2D eigenvalue weighted by molar-refractivity contribution is -0.104. The van der Waals surface area contributed by atoms with E-state index >= 15 is 0 Å². The van der Waals surface area contributed by atoms with Crippen molar-refractivity contribution in [2.45, 2.75) is 13.8 Å². The number of hydroxylamine groups is 3. The molecule has 0 aliphatic heterocycles. The minimum Gasteiger partial charge on any atom is -0.272 e. The molecule has 0 unspecified atom stereocenters. The molecule has 0 aromatic carbocycles. The molecule has 1 N–H and O–H groups in total. The van der Waals surface area contributed by atoms with E-state index in [1.54, 1.807) is 13.8 Å². The Morgan fingerprint density at radius 2 is 2.09 bits per heavy atom. The van der Waals surface area contributed by atoms with Crippen LogP contribution in [0.25, 0.3) is 0 Å². The number of hydrogen-bond acceptors (Lipinski definition) is 3. The van der Waals surface area contributed by atoms with Crippen molar-refractivity contribution in [1.29, 1.82) is 0 Å². The number of carbonyl (C=O) groups excluding carboxylic acids is 1. The van der Waals surface area contributed by atoms with Gasteiger partial charge in [-0.2, -0.15) is 0 Å². The first-order chi connectivity index (χ1) is 5.22. The predicted molar refractivity (Wildman–Crippen MR) is 39.5 cm³/mol. The van der Waals surface area contributed by atoms with Crippen molar-refractivity contribution < 1.29 is 14.5 Å². The summed E-state index contributed by atoms with van der Waals surface area (Å²) in [5.74, 6) is 0. The molecule has 5 nitrogen and oxygen atoms in total. The molecule has 5 heteroatoms. The maximum atomic E-state index is 10.9. The van der Waals surface area contributed by atoms with Crippen LogP contribution in [-0.4, -0.2) is 31.4 Å². The summed E-state index contributed by atoms with van der Waals surface area (Å²) in [5, 5.41) is 1.08. The number of rotatable bonds is 4. The fraction of sp³-hybridized carbons (Fsp3) is 0.833. The number of hydrogen-bond donors (Lipinski definition) is 1. The van der Waals surface area contributed by atoms with Crippen molar-refractivity contribution in [2.75, 3.05) is 20.3 Å². The molecule has 0 saturated heterocycles. The second-order valence-electron chi connectivity index (χ2n) is 1.76. The van der Waals surface area contributed by atoms with Crippen molar-refractivity contribution in [1.82, 2.24) is 10.5 Å². The zero-order chi connectivity index (χ0) is 8.69. The van der Waals surface area contributed by atoms with Crippen LogP contribution in [0.1, 0.15) is 13.8 Å². The minimum atomic E-state index is -0.409. The monoisotopic (exact) mass is 162 g/mol. The van der Waals surface area contributed by atoms with Crippen molar-refractivity contribution in [3.8, 4) is 0 Å². The molecule has 0 spiro atoms. The zero-order valence-electron chi connectivity index (χ0n) is 7.09. The Morgan fingerprint density at radius 1 is 1.45 bits per heavy atom. The van der Waals surface area contributed by atoms with E-state index in [0.717, 1.165) is 5.06 Å². The Kier molecular flexibility index (Phi) is 5.50. The van der Waals surface area contributed by atoms with Gasteiger partial charge >= 0.3 is 6.03 Å². The van der Waals surface area contributed by atoms with Crippen molar-refractivity contribution >= 4 is 6.03 Å². The fourth-order valence-corrected chi connectivity index (χ4v) is 0.450. The summed E-state index contributed by atoms with van der Waals surface area (Å²) in [7, 11) is 1.51. The van der Waals surface area contributed by atoms with Gasteiger partial charge in [-0.15, -0.1) is 0 Å². The Hall–Kier alpha value is -0.810. The van der Waals surface area contributed by atoms with Crippen molar-refractivity contribution in [3.63, 3.8) is 0 Å². The highest BCUT2D eigenvalue weighted by molar-refractivity contribution is 5.71. The molecule has 0 atom stereocenters. The Balaban J connectivity index is 3.47. The van der Waals surface area contributed by atoms with E-state index in [1.165, 1.54) is 7.05 Å². The second kappa shape index (κ2) is 5.94. The molecule has 0 aliphatic rings. The van der Waals surface area contributed by atoms with Crippen molar-refractivity contribution in [2.24, 2.45) is 0 Å². The average molecular weight is 162 g/mol. The van der Waals surface area contributed by atoms with Crippen LogP contribution < -0.4 is 5.48 Å². The van der Waals surface area contributed by atoms with E-state index in [1.807, 2.05) is 0 Å². The van der Waals surface area contributed by atoms with E-state index in [4.69, 9.17) is 4.84 Å². The summed E-state index contributed by atoms with van der Waals surface area (Å²) >= 11 is 0. The summed E-state index contributed by atoms with van der Waals surface area (Å²) < 4.78 is 0. The maximum absolute atomic E-state index is 10.9. The molecule has 66 valence electrons. The van der Waals surface area contributed by atoms with Crippen LogP contribution in [0.4, 0.5) is 4.79 Å². The lowest BCUT2D eigenvalue weighted by Gasteiger charge is -2.15. The molecule has 11 heavy (non-hydrogen) atoms. The Morgan fingerprint density at radius 3 is 2.55 bits per heavy atom. The first kappa shape index (κ1) is 10.2. The van der Waals surface area contributed by atoms with Crippen LogP contribution in [0, 0.1) is 0 Å². The van der Waals surface area contributed by atoms with Gasteiger partial charge in [0, 0.05) is 7.05 Å². The standard InChI is InChI=1S/C6H14N2O3/c1-4-10-7-6(9)8(3)11-5-2/h4-5H2,1-3H3,(H,7,9). The normalized spacial score (nSPS) is 9.36. The first-order valence-electron chi connectivity index (χ1n) is 3.50. The molecule has 0 saturated carbocycles. The third-order valence-electron chi connectivity index (χ3n) is 0.913. The Bertz CT molecular complexity index is 118. The molecular formula is C6H14N2O3. The van der Waals surface area contributed by atoms with Gasteiger partial charge in [-0.25, -0.2) is 15.3 Å². The zero-order valence-corrected chi connectivity index (χ0v) is 7.09. The molecule has 0 fully saturated rings. The lowest BCUT2D eigenvalue weighted by atomic mass is 10.9. The molecule has 0 radical (unpaired) electrons. The van der Waals surface area contributed by atoms with Crippen LogP contribution in [0.3, 0.4) is 0 Å². The van der Waals surface area contributed by atoms with Gasteiger partial charge < -0.3 is 0 Å². The van der Waals surface area contributed by atoms with E-state index in [2.05, 4.69) is 10.3 Å². The summed E-state index contributed by atoms with van der Waals surface area (Å²) in [5.41, 5.74) is 2.18. The molecule has 0 aromatic heterocycles. The van der Waals surface area contributed by atoms with Gasteiger partial charge in [-0.05, 0) is 13.8 Å². The number of nitrogens with zero attached hydrogens (tertiary/aromatic N) is 1. The molecule has 0 aromatic rings. The van der Waals surface area contributed by atoms with E-state index in [0.29, 0.717) is 13.2 Å². The largest absolute Gasteiger partial charge is 0.364 e. The lowest BCUT2D eigenvalue weighted by Crippen LogP contribution is -2.37. The number of urea groups is 1. The maximum Gasteiger partial charge on any atom is 0.364 e. The molecule has 0 heterocycles. The van der Waals surface area contributed by atoms with Gasteiger partial charge in [-0.3, -0.25) is 9.68 Å². The molecule has 0 rings (SSSR count). The smallest absolute Gasteiger partial charge is 0.272 e. The molecule has 0 bridgehead atoms. The van der Waals surface area contributed by atoms with Gasteiger partial charge in [0.1, 0.15) is 0 Å². The third-order valence-corrected chi connectivity index (χ3v) is 0.913. The summed E-state index contributed by atoms with van der Waals surface area (Å²) in [6.45, 7) is 4.47. The van der Waals surface area contributed by atoms with Gasteiger partial charge in [0.2, 0.25) is 0 Å².